The molecule has 1 aromatic carbocycles. The summed E-state index contributed by atoms with van der Waals surface area (Å²) in [7, 11) is -3.81. The van der Waals surface area contributed by atoms with Gasteiger partial charge in [-0.05, 0) is 25.5 Å². The first-order valence-electron chi connectivity index (χ1n) is 8.39. The number of aromatic carboxylic acids is 1. The van der Waals surface area contributed by atoms with Crippen LogP contribution in [0.5, 0.6) is 0 Å². The number of benzene rings is 1. The van der Waals surface area contributed by atoms with Crippen LogP contribution in [0.3, 0.4) is 0 Å². The molecule has 2 aromatic rings. The number of nitrogens with zero attached hydrogens (tertiary/aromatic N) is 1. The minimum Gasteiger partial charge on any atom is -0.478 e. The number of alkyl halides is 3. The quantitative estimate of drug-likeness (QED) is 0.738. The zero-order chi connectivity index (χ0) is 20.7. The molecule has 6 nitrogen and oxygen atoms in total. The van der Waals surface area contributed by atoms with Crippen LogP contribution in [0.25, 0.3) is 11.1 Å². The van der Waals surface area contributed by atoms with Crippen LogP contribution in [0, 0.1) is 13.8 Å². The van der Waals surface area contributed by atoms with Gasteiger partial charge in [-0.15, -0.1) is 0 Å². The van der Waals surface area contributed by atoms with Crippen molar-refractivity contribution in [2.75, 3.05) is 13.2 Å². The highest BCUT2D eigenvalue weighted by atomic mass is 31.2. The minimum absolute atomic E-state index is 0.0318. The maximum atomic E-state index is 13.7. The Morgan fingerprint density at radius 2 is 1.75 bits per heavy atom. The Labute approximate surface area is 159 Å². The van der Waals surface area contributed by atoms with Gasteiger partial charge in [-0.2, -0.15) is 27.1 Å². The average Bonchev–Trinajstić information content (AvgIpc) is 2.60. The van der Waals surface area contributed by atoms with Gasteiger partial charge >= 0.3 is 20.1 Å². The first-order valence-corrected chi connectivity index (χ1v) is 9.96. The van der Waals surface area contributed by atoms with Crippen molar-refractivity contribution in [3.05, 3.63) is 46.8 Å². The highest BCUT2D eigenvalue weighted by Gasteiger charge is 2.52. The molecule has 0 aliphatic carbocycles. The van der Waals surface area contributed by atoms with E-state index in [4.69, 9.17) is 9.05 Å². The van der Waals surface area contributed by atoms with Crippen molar-refractivity contribution in [1.29, 1.82) is 0 Å². The van der Waals surface area contributed by atoms with Crippen molar-refractivity contribution in [1.82, 2.24) is 4.98 Å². The van der Waals surface area contributed by atoms with Crippen molar-refractivity contribution in [2.24, 2.45) is 0 Å². The second-order valence-electron chi connectivity index (χ2n) is 6.27. The zero-order valence-corrected chi connectivity index (χ0v) is 16.0. The molecule has 0 saturated carbocycles. The van der Waals surface area contributed by atoms with Crippen LogP contribution in [0.2, 0.25) is 0 Å². The number of aromatic nitrogens is 1. The molecule has 0 unspecified atom stereocenters. The van der Waals surface area contributed by atoms with Crippen molar-refractivity contribution in [2.45, 2.75) is 26.4 Å². The topological polar surface area (TPSA) is 88.9 Å². The number of hydrogen-bond donors (Lipinski definition) is 2. The summed E-state index contributed by atoms with van der Waals surface area (Å²) in [6.07, 6.45) is -4.23. The van der Waals surface area contributed by atoms with Gasteiger partial charge in [0.05, 0.1) is 28.1 Å². The Kier molecular flexibility index (Phi) is 5.46. The number of carbonyl (C=O) groups is 1. The summed E-state index contributed by atoms with van der Waals surface area (Å²) in [6.45, 7) is 3.15. The van der Waals surface area contributed by atoms with Crippen molar-refractivity contribution in [3.8, 4) is 11.1 Å². The summed E-state index contributed by atoms with van der Waals surface area (Å²) in [6, 6.07) is 4.62. The molecule has 1 aliphatic rings. The molecule has 10 heteroatoms. The fourth-order valence-electron chi connectivity index (χ4n) is 3.26. The van der Waals surface area contributed by atoms with E-state index in [0.29, 0.717) is 6.42 Å². The van der Waals surface area contributed by atoms with Crippen LogP contribution in [0.1, 0.15) is 33.7 Å². The van der Waals surface area contributed by atoms with Crippen LogP contribution in [-0.4, -0.2) is 34.2 Å². The second-order valence-corrected chi connectivity index (χ2v) is 8.27. The summed E-state index contributed by atoms with van der Waals surface area (Å²) in [4.78, 5) is 27.1. The third kappa shape index (κ3) is 3.63. The second kappa shape index (κ2) is 7.40. The van der Waals surface area contributed by atoms with Gasteiger partial charge in [-0.1, -0.05) is 18.2 Å². The number of pyridine rings is 1. The molecule has 150 valence electrons. The van der Waals surface area contributed by atoms with E-state index in [9.17, 15) is 28.0 Å². The van der Waals surface area contributed by atoms with E-state index < -0.39 is 31.2 Å². The van der Waals surface area contributed by atoms with Gasteiger partial charge in [0.1, 0.15) is 13.2 Å². The van der Waals surface area contributed by atoms with Crippen molar-refractivity contribution >= 4 is 19.2 Å². The summed E-state index contributed by atoms with van der Waals surface area (Å²) < 4.78 is 51.8. The summed E-state index contributed by atoms with van der Waals surface area (Å²) in [5.74, 6) is -1.46. The van der Waals surface area contributed by atoms with Crippen molar-refractivity contribution in [3.63, 3.8) is 0 Å². The molecule has 0 radical (unpaired) electrons. The van der Waals surface area contributed by atoms with Gasteiger partial charge in [0.25, 0.3) is 0 Å². The lowest BCUT2D eigenvalue weighted by Gasteiger charge is -2.25. The van der Waals surface area contributed by atoms with Crippen LogP contribution in [0.15, 0.2) is 24.3 Å². The standard InChI is InChI=1S/C18H17F3NO5P/c1-10-14(17(23)24)15(12-6-3-4-7-13(12)18(19,20)21)16(11(2)22-10)28(25)26-8-5-9-27-28/h3-4,6-7,25H,5,8-9H2,1-2H3/p+1. The van der Waals surface area contributed by atoms with E-state index in [1.807, 2.05) is 0 Å². The monoisotopic (exact) mass is 416 g/mol. The maximum absolute atomic E-state index is 13.7. The number of rotatable bonds is 3. The molecule has 1 aromatic heterocycles. The molecule has 28 heavy (non-hydrogen) atoms. The van der Waals surface area contributed by atoms with Crippen LogP contribution < -0.4 is 5.30 Å². The third-order valence-corrected chi connectivity index (χ3v) is 6.52. The lowest BCUT2D eigenvalue weighted by Crippen LogP contribution is -2.29. The third-order valence-electron chi connectivity index (χ3n) is 4.35. The summed E-state index contributed by atoms with van der Waals surface area (Å²) >= 11 is 0. The van der Waals surface area contributed by atoms with E-state index in [2.05, 4.69) is 4.98 Å². The first kappa shape index (κ1) is 20.7. The molecule has 2 N–H and O–H groups in total. The molecule has 0 amide bonds. The lowest BCUT2D eigenvalue weighted by atomic mass is 9.94. The van der Waals surface area contributed by atoms with Crippen LogP contribution in [-0.2, 0) is 15.2 Å². The van der Waals surface area contributed by atoms with E-state index >= 15 is 0 Å². The number of carboxylic acid groups (broad SMARTS) is 1. The van der Waals surface area contributed by atoms with Gasteiger partial charge in [0, 0.05) is 6.42 Å². The molecule has 0 bridgehead atoms. The molecule has 1 fully saturated rings. The molecule has 1 aliphatic heterocycles. The van der Waals surface area contributed by atoms with Gasteiger partial charge in [-0.3, -0.25) is 4.98 Å². The first-order chi connectivity index (χ1) is 13.1. The number of halogens is 3. The normalized spacial score (nSPS) is 16.8. The maximum Gasteiger partial charge on any atom is 0.448 e. The van der Waals surface area contributed by atoms with E-state index in [1.165, 1.54) is 32.0 Å². The summed E-state index contributed by atoms with van der Waals surface area (Å²) in [5, 5.41) is 9.59. The van der Waals surface area contributed by atoms with Gasteiger partial charge in [0.2, 0.25) is 5.30 Å². The Hall–Kier alpha value is -2.06. The van der Waals surface area contributed by atoms with Gasteiger partial charge < -0.3 is 5.11 Å². The fourth-order valence-corrected chi connectivity index (χ4v) is 5.32. The Balaban J connectivity index is 2.45. The largest absolute Gasteiger partial charge is 0.478 e. The fraction of sp³-hybridized carbons (Fsp3) is 0.333. The highest BCUT2D eigenvalue weighted by Crippen LogP contribution is 2.60. The zero-order valence-electron chi connectivity index (χ0n) is 15.1. The molecule has 0 spiro atoms. The highest BCUT2D eigenvalue weighted by molar-refractivity contribution is 7.69. The minimum atomic E-state index is -4.73. The molecule has 1 saturated heterocycles. The predicted octanol–water partition coefficient (Wildman–Crippen LogP) is 3.90. The van der Waals surface area contributed by atoms with Crippen LogP contribution >= 0.6 is 7.94 Å². The Bertz CT molecular complexity index is 926. The number of carboxylic acids is 1. The van der Waals surface area contributed by atoms with Crippen LogP contribution in [0.4, 0.5) is 13.2 Å². The van der Waals surface area contributed by atoms with E-state index in [-0.39, 0.29) is 41.0 Å². The molecular weight excluding hydrogens is 398 g/mol. The SMILES string of the molecule is Cc1nc(C)c([P+]2(O)OCCCO2)c(-c2ccccc2C(F)(F)F)c1C(=O)O. The van der Waals surface area contributed by atoms with Gasteiger partial charge in [-0.25, -0.2) is 4.79 Å². The van der Waals surface area contributed by atoms with Crippen molar-refractivity contribution < 1.29 is 37.0 Å². The molecular formula is C18H18F3NO5P+. The number of aryl methyl sites for hydroxylation is 2. The summed E-state index contributed by atoms with van der Waals surface area (Å²) in [5.41, 5.74) is -1.90. The average molecular weight is 416 g/mol. The number of hydrogen-bond acceptors (Lipinski definition) is 5. The Morgan fingerprint density at radius 1 is 1.14 bits per heavy atom. The van der Waals surface area contributed by atoms with E-state index in [0.717, 1.165) is 6.07 Å². The Morgan fingerprint density at radius 3 is 2.32 bits per heavy atom. The smallest absolute Gasteiger partial charge is 0.448 e. The predicted molar refractivity (Wildman–Crippen MR) is 96.4 cm³/mol. The molecule has 2 heterocycles. The molecule has 0 atom stereocenters. The van der Waals surface area contributed by atoms with Gasteiger partial charge in [0.15, 0.2) is 0 Å². The molecule has 3 rings (SSSR count). The lowest BCUT2D eigenvalue weighted by molar-refractivity contribution is -0.137. The van der Waals surface area contributed by atoms with E-state index in [1.54, 1.807) is 0 Å².